The van der Waals surface area contributed by atoms with E-state index in [-0.39, 0.29) is 11.9 Å². The molecule has 1 unspecified atom stereocenters. The third kappa shape index (κ3) is 3.16. The van der Waals surface area contributed by atoms with Crippen molar-refractivity contribution in [3.63, 3.8) is 0 Å². The molecule has 14 heavy (non-hydrogen) atoms. The van der Waals surface area contributed by atoms with E-state index in [0.717, 1.165) is 4.47 Å². The van der Waals surface area contributed by atoms with Crippen LogP contribution >= 0.6 is 15.9 Å². The van der Waals surface area contributed by atoms with Crippen molar-refractivity contribution in [3.8, 4) is 0 Å². The Balaban J connectivity index is 2.50. The molecule has 5 heteroatoms. The molecule has 1 amide bonds. The maximum atomic E-state index is 11.5. The molecule has 1 heterocycles. The van der Waals surface area contributed by atoms with E-state index in [1.165, 1.54) is 0 Å². The van der Waals surface area contributed by atoms with E-state index in [4.69, 9.17) is 4.74 Å². The first-order valence-electron chi connectivity index (χ1n) is 4.27. The van der Waals surface area contributed by atoms with Gasteiger partial charge in [-0.3, -0.25) is 4.79 Å². The van der Waals surface area contributed by atoms with Crippen LogP contribution in [0.3, 0.4) is 0 Å². The fraction of sp³-hybridized carbons (Fsp3) is 0.444. The number of halogens is 1. The van der Waals surface area contributed by atoms with E-state index in [0.29, 0.717) is 12.3 Å². The number of H-pyrrole nitrogens is 1. The molecule has 4 nitrogen and oxygen atoms in total. The lowest BCUT2D eigenvalue weighted by Gasteiger charge is -2.11. The lowest BCUT2D eigenvalue weighted by molar-refractivity contribution is 0.0901. The zero-order valence-electron chi connectivity index (χ0n) is 8.13. The SMILES string of the molecule is COCC(C)NC(=O)c1cc(Br)c[nH]1. The highest BCUT2D eigenvalue weighted by Crippen LogP contribution is 2.10. The van der Waals surface area contributed by atoms with Crippen molar-refractivity contribution in [2.75, 3.05) is 13.7 Å². The standard InChI is InChI=1S/C9H13BrN2O2/c1-6(5-14-2)12-9(13)8-3-7(10)4-11-8/h3-4,6,11H,5H2,1-2H3,(H,12,13). The Kier molecular flexibility index (Phi) is 4.16. The van der Waals surface area contributed by atoms with Crippen molar-refractivity contribution in [1.29, 1.82) is 0 Å². The first-order chi connectivity index (χ1) is 6.63. The van der Waals surface area contributed by atoms with Gasteiger partial charge in [-0.2, -0.15) is 0 Å². The van der Waals surface area contributed by atoms with Crippen molar-refractivity contribution in [3.05, 3.63) is 22.4 Å². The molecule has 0 saturated carbocycles. The summed E-state index contributed by atoms with van der Waals surface area (Å²) in [4.78, 5) is 14.4. The second-order valence-electron chi connectivity index (χ2n) is 3.06. The van der Waals surface area contributed by atoms with E-state index in [1.807, 2.05) is 6.92 Å². The van der Waals surface area contributed by atoms with Gasteiger partial charge in [0.2, 0.25) is 0 Å². The number of carbonyl (C=O) groups is 1. The van der Waals surface area contributed by atoms with Gasteiger partial charge < -0.3 is 15.0 Å². The van der Waals surface area contributed by atoms with Crippen LogP contribution in [-0.4, -0.2) is 30.6 Å². The van der Waals surface area contributed by atoms with Gasteiger partial charge in [0.25, 0.3) is 5.91 Å². The Morgan fingerprint density at radius 3 is 3.00 bits per heavy atom. The highest BCUT2D eigenvalue weighted by molar-refractivity contribution is 9.10. The summed E-state index contributed by atoms with van der Waals surface area (Å²) < 4.78 is 5.77. The van der Waals surface area contributed by atoms with Gasteiger partial charge in [0, 0.05) is 23.8 Å². The Morgan fingerprint density at radius 1 is 1.79 bits per heavy atom. The molecule has 0 fully saturated rings. The zero-order chi connectivity index (χ0) is 10.6. The van der Waals surface area contributed by atoms with Gasteiger partial charge in [0.1, 0.15) is 5.69 Å². The van der Waals surface area contributed by atoms with Crippen LogP contribution in [-0.2, 0) is 4.74 Å². The topological polar surface area (TPSA) is 54.1 Å². The van der Waals surface area contributed by atoms with E-state index < -0.39 is 0 Å². The summed E-state index contributed by atoms with van der Waals surface area (Å²) in [6.45, 7) is 2.40. The second-order valence-corrected chi connectivity index (χ2v) is 3.98. The molecule has 78 valence electrons. The van der Waals surface area contributed by atoms with Crippen LogP contribution in [0.1, 0.15) is 17.4 Å². The van der Waals surface area contributed by atoms with Crippen LogP contribution < -0.4 is 5.32 Å². The summed E-state index contributed by atoms with van der Waals surface area (Å²) in [5, 5.41) is 2.79. The number of methoxy groups -OCH3 is 1. The fourth-order valence-corrected chi connectivity index (χ4v) is 1.44. The number of hydrogen-bond acceptors (Lipinski definition) is 2. The lowest BCUT2D eigenvalue weighted by atomic mass is 10.3. The predicted octanol–water partition coefficient (Wildman–Crippen LogP) is 1.54. The normalized spacial score (nSPS) is 12.5. The average molecular weight is 261 g/mol. The number of nitrogens with one attached hydrogen (secondary N) is 2. The smallest absolute Gasteiger partial charge is 0.268 e. The molecule has 0 bridgehead atoms. The first-order valence-corrected chi connectivity index (χ1v) is 5.06. The Hall–Kier alpha value is -0.810. The summed E-state index contributed by atoms with van der Waals surface area (Å²) in [5.74, 6) is -0.125. The van der Waals surface area contributed by atoms with Gasteiger partial charge in [-0.15, -0.1) is 0 Å². The quantitative estimate of drug-likeness (QED) is 0.863. The van der Waals surface area contributed by atoms with Gasteiger partial charge in [-0.25, -0.2) is 0 Å². The Morgan fingerprint density at radius 2 is 2.50 bits per heavy atom. The van der Waals surface area contributed by atoms with Crippen molar-refractivity contribution >= 4 is 21.8 Å². The fourth-order valence-electron chi connectivity index (χ4n) is 1.09. The number of rotatable bonds is 4. The molecule has 0 saturated heterocycles. The highest BCUT2D eigenvalue weighted by atomic mass is 79.9. The van der Waals surface area contributed by atoms with Gasteiger partial charge in [-0.05, 0) is 28.9 Å². The number of hydrogen-bond donors (Lipinski definition) is 2. The molecular formula is C9H13BrN2O2. The second kappa shape index (κ2) is 5.17. The van der Waals surface area contributed by atoms with Crippen LogP contribution in [0.5, 0.6) is 0 Å². The van der Waals surface area contributed by atoms with E-state index in [1.54, 1.807) is 19.4 Å². The molecule has 1 atom stereocenters. The molecule has 2 N–H and O–H groups in total. The van der Waals surface area contributed by atoms with Crippen molar-refractivity contribution in [2.45, 2.75) is 13.0 Å². The van der Waals surface area contributed by atoms with E-state index in [2.05, 4.69) is 26.2 Å². The number of ether oxygens (including phenoxy) is 1. The molecule has 0 aromatic carbocycles. The van der Waals surface area contributed by atoms with Crippen LogP contribution in [0.25, 0.3) is 0 Å². The third-order valence-corrected chi connectivity index (χ3v) is 2.14. The van der Waals surface area contributed by atoms with Crippen molar-refractivity contribution in [1.82, 2.24) is 10.3 Å². The molecule has 1 aromatic heterocycles. The summed E-state index contributed by atoms with van der Waals surface area (Å²) in [5.41, 5.74) is 0.542. The molecule has 0 aliphatic rings. The Bertz CT molecular complexity index is 312. The van der Waals surface area contributed by atoms with E-state index in [9.17, 15) is 4.79 Å². The van der Waals surface area contributed by atoms with Crippen LogP contribution in [0.15, 0.2) is 16.7 Å². The van der Waals surface area contributed by atoms with Gasteiger partial charge in [0.05, 0.1) is 6.61 Å². The average Bonchev–Trinajstić information content (AvgIpc) is 2.52. The number of aromatic amines is 1. The van der Waals surface area contributed by atoms with Crippen LogP contribution in [0.2, 0.25) is 0 Å². The minimum Gasteiger partial charge on any atom is -0.383 e. The summed E-state index contributed by atoms with van der Waals surface area (Å²) >= 11 is 3.26. The minimum absolute atomic E-state index is 0.00887. The number of carbonyl (C=O) groups excluding carboxylic acids is 1. The lowest BCUT2D eigenvalue weighted by Crippen LogP contribution is -2.35. The summed E-state index contributed by atoms with van der Waals surface area (Å²) in [6.07, 6.45) is 1.72. The number of amides is 1. The molecule has 1 aromatic rings. The monoisotopic (exact) mass is 260 g/mol. The molecule has 0 radical (unpaired) electrons. The van der Waals surface area contributed by atoms with Crippen LogP contribution in [0, 0.1) is 0 Å². The molecular weight excluding hydrogens is 248 g/mol. The van der Waals surface area contributed by atoms with Gasteiger partial charge in [-0.1, -0.05) is 0 Å². The predicted molar refractivity (Wildman–Crippen MR) is 57.3 cm³/mol. The minimum atomic E-state index is -0.125. The molecule has 1 rings (SSSR count). The molecule has 0 aliphatic carbocycles. The summed E-state index contributed by atoms with van der Waals surface area (Å²) in [6, 6.07) is 1.74. The first kappa shape index (κ1) is 11.3. The Labute approximate surface area is 91.2 Å². The third-order valence-electron chi connectivity index (χ3n) is 1.69. The highest BCUT2D eigenvalue weighted by Gasteiger charge is 2.10. The van der Waals surface area contributed by atoms with Crippen molar-refractivity contribution in [2.24, 2.45) is 0 Å². The largest absolute Gasteiger partial charge is 0.383 e. The van der Waals surface area contributed by atoms with E-state index >= 15 is 0 Å². The number of aromatic nitrogens is 1. The van der Waals surface area contributed by atoms with Crippen molar-refractivity contribution < 1.29 is 9.53 Å². The molecule has 0 aliphatic heterocycles. The van der Waals surface area contributed by atoms with Gasteiger partial charge >= 0.3 is 0 Å². The summed E-state index contributed by atoms with van der Waals surface area (Å²) in [7, 11) is 1.61. The van der Waals surface area contributed by atoms with Crippen LogP contribution in [0.4, 0.5) is 0 Å². The molecule has 0 spiro atoms. The van der Waals surface area contributed by atoms with Gasteiger partial charge in [0.15, 0.2) is 0 Å². The zero-order valence-corrected chi connectivity index (χ0v) is 9.72. The maximum absolute atomic E-state index is 11.5. The maximum Gasteiger partial charge on any atom is 0.268 e.